The lowest BCUT2D eigenvalue weighted by Crippen LogP contribution is -2.47. The molecular weight excluding hydrogens is 228 g/mol. The second-order valence-corrected chi connectivity index (χ2v) is 5.67. The molecule has 2 aliphatic rings. The molecule has 0 aromatic heterocycles. The summed E-state index contributed by atoms with van der Waals surface area (Å²) in [5.74, 6) is 0.911. The van der Waals surface area contributed by atoms with Crippen LogP contribution < -0.4 is 5.73 Å². The van der Waals surface area contributed by atoms with Gasteiger partial charge in [-0.1, -0.05) is 12.8 Å². The molecule has 0 radical (unpaired) electrons. The van der Waals surface area contributed by atoms with Gasteiger partial charge in [0.05, 0.1) is 6.04 Å². The highest BCUT2D eigenvalue weighted by atomic mass is 16.5. The molecule has 1 aliphatic heterocycles. The van der Waals surface area contributed by atoms with Gasteiger partial charge in [0.25, 0.3) is 0 Å². The molecule has 2 fully saturated rings. The van der Waals surface area contributed by atoms with Crippen LogP contribution in [0.4, 0.5) is 0 Å². The number of hydrogen-bond acceptors (Lipinski definition) is 3. The maximum absolute atomic E-state index is 12.4. The van der Waals surface area contributed by atoms with Crippen molar-refractivity contribution in [3.8, 4) is 0 Å². The minimum absolute atomic E-state index is 0.167. The van der Waals surface area contributed by atoms with E-state index >= 15 is 0 Å². The number of methoxy groups -OCH3 is 1. The summed E-state index contributed by atoms with van der Waals surface area (Å²) in [7, 11) is 1.68. The van der Waals surface area contributed by atoms with Crippen molar-refractivity contribution in [1.82, 2.24) is 4.90 Å². The van der Waals surface area contributed by atoms with E-state index in [1.54, 1.807) is 7.11 Å². The third-order valence-electron chi connectivity index (χ3n) is 4.47. The Labute approximate surface area is 110 Å². The minimum atomic E-state index is -0.333. The quantitative estimate of drug-likeness (QED) is 0.757. The van der Waals surface area contributed by atoms with Crippen molar-refractivity contribution >= 4 is 5.91 Å². The number of hydrogen-bond donors (Lipinski definition) is 1. The van der Waals surface area contributed by atoms with E-state index in [1.807, 2.05) is 0 Å². The van der Waals surface area contributed by atoms with Gasteiger partial charge in [-0.2, -0.15) is 0 Å². The Balaban J connectivity index is 1.84. The van der Waals surface area contributed by atoms with Gasteiger partial charge in [0.15, 0.2) is 0 Å². The largest absolute Gasteiger partial charge is 0.385 e. The third kappa shape index (κ3) is 3.04. The van der Waals surface area contributed by atoms with Crippen LogP contribution in [0.1, 0.15) is 44.9 Å². The first kappa shape index (κ1) is 13.8. The molecule has 1 saturated carbocycles. The molecule has 18 heavy (non-hydrogen) atoms. The highest BCUT2D eigenvalue weighted by molar-refractivity contribution is 5.82. The number of fused-ring (bicyclic) bond motifs is 1. The molecule has 4 nitrogen and oxygen atoms in total. The number of carbonyl (C=O) groups excluding carboxylic acids is 1. The summed E-state index contributed by atoms with van der Waals surface area (Å²) in [5.41, 5.74) is 6.01. The van der Waals surface area contributed by atoms with E-state index in [0.29, 0.717) is 12.6 Å². The Bertz CT molecular complexity index is 283. The van der Waals surface area contributed by atoms with Crippen molar-refractivity contribution in [1.29, 1.82) is 0 Å². The van der Waals surface area contributed by atoms with Gasteiger partial charge in [0, 0.05) is 26.3 Å². The average molecular weight is 254 g/mol. The minimum Gasteiger partial charge on any atom is -0.385 e. The van der Waals surface area contributed by atoms with Gasteiger partial charge in [-0.25, -0.2) is 0 Å². The summed E-state index contributed by atoms with van der Waals surface area (Å²) in [6, 6.07) is 0.153. The molecule has 1 aliphatic carbocycles. The number of nitrogens with two attached hydrogens (primary N) is 1. The molecule has 4 heteroatoms. The summed E-state index contributed by atoms with van der Waals surface area (Å²) in [6.07, 6.45) is 7.87. The molecule has 2 N–H and O–H groups in total. The Morgan fingerprint density at radius 1 is 1.39 bits per heavy atom. The molecular formula is C14H26N2O2. The van der Waals surface area contributed by atoms with E-state index in [2.05, 4.69) is 4.90 Å². The fourth-order valence-electron chi connectivity index (χ4n) is 3.46. The number of carbonyl (C=O) groups is 1. The highest BCUT2D eigenvalue weighted by Crippen LogP contribution is 2.36. The van der Waals surface area contributed by atoms with Crippen molar-refractivity contribution in [2.45, 2.75) is 57.0 Å². The van der Waals surface area contributed by atoms with Crippen LogP contribution in [0.3, 0.4) is 0 Å². The van der Waals surface area contributed by atoms with Crippen LogP contribution in [0, 0.1) is 5.92 Å². The van der Waals surface area contributed by atoms with Crippen LogP contribution in [-0.2, 0) is 9.53 Å². The van der Waals surface area contributed by atoms with Gasteiger partial charge in [-0.05, 0) is 38.0 Å². The number of likely N-dealkylation sites (tertiary alicyclic amines) is 1. The molecule has 1 amide bonds. The van der Waals surface area contributed by atoms with Gasteiger partial charge in [-0.15, -0.1) is 0 Å². The van der Waals surface area contributed by atoms with E-state index in [-0.39, 0.29) is 11.9 Å². The van der Waals surface area contributed by atoms with Gasteiger partial charge in [-0.3, -0.25) is 4.79 Å². The van der Waals surface area contributed by atoms with Crippen LogP contribution in [0.25, 0.3) is 0 Å². The maximum atomic E-state index is 12.4. The van der Waals surface area contributed by atoms with Gasteiger partial charge in [0.1, 0.15) is 0 Å². The van der Waals surface area contributed by atoms with Crippen molar-refractivity contribution in [3.05, 3.63) is 0 Å². The van der Waals surface area contributed by atoms with E-state index in [1.165, 1.54) is 32.1 Å². The molecule has 3 unspecified atom stereocenters. The van der Waals surface area contributed by atoms with Crippen LogP contribution in [0.2, 0.25) is 0 Å². The molecule has 0 bridgehead atoms. The van der Waals surface area contributed by atoms with Gasteiger partial charge < -0.3 is 15.4 Å². The first-order valence-electron chi connectivity index (χ1n) is 7.29. The molecule has 0 aromatic rings. The monoisotopic (exact) mass is 254 g/mol. The van der Waals surface area contributed by atoms with Crippen LogP contribution >= 0.6 is 0 Å². The maximum Gasteiger partial charge on any atom is 0.239 e. The molecule has 1 saturated heterocycles. The zero-order chi connectivity index (χ0) is 13.0. The van der Waals surface area contributed by atoms with Crippen molar-refractivity contribution in [2.75, 3.05) is 20.3 Å². The van der Waals surface area contributed by atoms with E-state index in [9.17, 15) is 4.79 Å². The summed E-state index contributed by atoms with van der Waals surface area (Å²) < 4.78 is 5.00. The summed E-state index contributed by atoms with van der Waals surface area (Å²) in [6.45, 7) is 1.61. The van der Waals surface area contributed by atoms with Crippen molar-refractivity contribution in [3.63, 3.8) is 0 Å². The first-order chi connectivity index (χ1) is 8.74. The van der Waals surface area contributed by atoms with Crippen molar-refractivity contribution < 1.29 is 9.53 Å². The number of rotatable bonds is 5. The topological polar surface area (TPSA) is 55.6 Å². The SMILES string of the molecule is COCCCC(N)C(=O)N1CCC2CCCCC21. The highest BCUT2D eigenvalue weighted by Gasteiger charge is 2.39. The van der Waals surface area contributed by atoms with Crippen LogP contribution in [0.5, 0.6) is 0 Å². The lowest BCUT2D eigenvalue weighted by Gasteiger charge is -2.33. The van der Waals surface area contributed by atoms with E-state index < -0.39 is 0 Å². The fraction of sp³-hybridized carbons (Fsp3) is 0.929. The number of nitrogens with zero attached hydrogens (tertiary/aromatic N) is 1. The predicted octanol–water partition coefficient (Wildman–Crippen LogP) is 1.53. The molecule has 104 valence electrons. The van der Waals surface area contributed by atoms with Gasteiger partial charge >= 0.3 is 0 Å². The predicted molar refractivity (Wildman–Crippen MR) is 71.2 cm³/mol. The van der Waals surface area contributed by atoms with Crippen molar-refractivity contribution in [2.24, 2.45) is 11.7 Å². The van der Waals surface area contributed by atoms with E-state index in [4.69, 9.17) is 10.5 Å². The summed E-state index contributed by atoms with van der Waals surface area (Å²) >= 11 is 0. The second-order valence-electron chi connectivity index (χ2n) is 5.67. The lowest BCUT2D eigenvalue weighted by molar-refractivity contribution is -0.134. The molecule has 3 atom stereocenters. The third-order valence-corrected chi connectivity index (χ3v) is 4.47. The average Bonchev–Trinajstić information content (AvgIpc) is 2.82. The molecule has 0 aromatic carbocycles. The van der Waals surface area contributed by atoms with Gasteiger partial charge in [0.2, 0.25) is 5.91 Å². The normalized spacial score (nSPS) is 29.1. The summed E-state index contributed by atoms with van der Waals surface area (Å²) in [5, 5.41) is 0. The standard InChI is InChI=1S/C14H26N2O2/c1-18-10-4-6-12(15)14(17)16-9-8-11-5-2-3-7-13(11)16/h11-13H,2-10,15H2,1H3. The second kappa shape index (κ2) is 6.53. The Morgan fingerprint density at radius 2 is 2.17 bits per heavy atom. The van der Waals surface area contributed by atoms with Crippen LogP contribution in [0.15, 0.2) is 0 Å². The number of ether oxygens (including phenoxy) is 1. The zero-order valence-electron chi connectivity index (χ0n) is 11.4. The lowest BCUT2D eigenvalue weighted by atomic mass is 9.85. The summed E-state index contributed by atoms with van der Waals surface area (Å²) in [4.78, 5) is 14.4. The first-order valence-corrected chi connectivity index (χ1v) is 7.29. The smallest absolute Gasteiger partial charge is 0.239 e. The molecule has 2 rings (SSSR count). The zero-order valence-corrected chi connectivity index (χ0v) is 11.4. The number of amides is 1. The fourth-order valence-corrected chi connectivity index (χ4v) is 3.46. The Kier molecular flexibility index (Phi) is 5.01. The van der Waals surface area contributed by atoms with E-state index in [0.717, 1.165) is 25.3 Å². The van der Waals surface area contributed by atoms with Crippen LogP contribution in [-0.4, -0.2) is 43.2 Å². The Morgan fingerprint density at radius 3 is 2.94 bits per heavy atom. The Hall–Kier alpha value is -0.610. The molecule has 1 heterocycles. The molecule has 0 spiro atoms.